The Morgan fingerprint density at radius 2 is 1.93 bits per heavy atom. The molecule has 0 saturated carbocycles. The molecule has 0 radical (unpaired) electrons. The van der Waals surface area contributed by atoms with Crippen LogP contribution in [0, 0.1) is 0 Å². The number of rotatable bonds is 7. The van der Waals surface area contributed by atoms with Crippen LogP contribution in [0.5, 0.6) is 0 Å². The smallest absolute Gasteiger partial charge is 0.328 e. The molecule has 0 bridgehead atoms. The second kappa shape index (κ2) is 8.26. The van der Waals surface area contributed by atoms with E-state index >= 15 is 0 Å². The van der Waals surface area contributed by atoms with Crippen molar-refractivity contribution in [2.75, 3.05) is 6.61 Å². The van der Waals surface area contributed by atoms with E-state index in [0.717, 1.165) is 12.8 Å². The molecule has 4 nitrogen and oxygen atoms in total. The quantitative estimate of drug-likeness (QED) is 0.519. The van der Waals surface area contributed by atoms with E-state index in [1.807, 2.05) is 13.8 Å². The van der Waals surface area contributed by atoms with Gasteiger partial charge in [-0.3, -0.25) is 4.79 Å². The highest BCUT2D eigenvalue weighted by Gasteiger charge is 2.18. The Bertz CT molecular complexity index is 204. The number of nitrogens with one attached hydrogen (secondary N) is 1. The van der Waals surface area contributed by atoms with Crippen LogP contribution in [-0.4, -0.2) is 24.5 Å². The summed E-state index contributed by atoms with van der Waals surface area (Å²) in [6, 6.07) is -0.491. The molecule has 0 aliphatic rings. The van der Waals surface area contributed by atoms with Crippen LogP contribution >= 0.6 is 0 Å². The number of carbonyl (C=O) groups is 2. The molecule has 15 heavy (non-hydrogen) atoms. The van der Waals surface area contributed by atoms with Gasteiger partial charge < -0.3 is 10.1 Å². The number of amides is 1. The molecule has 0 aliphatic carbocycles. The first-order valence-corrected chi connectivity index (χ1v) is 5.61. The number of unbranched alkanes of at least 4 members (excludes halogenated alkanes) is 1. The summed E-state index contributed by atoms with van der Waals surface area (Å²) in [6.45, 7) is 6.07. The van der Waals surface area contributed by atoms with E-state index in [4.69, 9.17) is 4.74 Å². The van der Waals surface area contributed by atoms with Crippen molar-refractivity contribution >= 4 is 11.9 Å². The average molecular weight is 215 g/mol. The third kappa shape index (κ3) is 6.10. The van der Waals surface area contributed by atoms with Crippen LogP contribution < -0.4 is 5.32 Å². The second-order valence-corrected chi connectivity index (χ2v) is 3.40. The standard InChI is InChI=1S/C11H21NO3/c1-4-7-8-15-11(14)9(5-2)12-10(13)6-3/h9H,4-8H2,1-3H3,(H,12,13)/t9-/m0/s1. The fraction of sp³-hybridized carbons (Fsp3) is 0.818. The van der Waals surface area contributed by atoms with Crippen molar-refractivity contribution in [1.82, 2.24) is 5.32 Å². The normalized spacial score (nSPS) is 11.9. The third-order valence-electron chi connectivity index (χ3n) is 2.09. The van der Waals surface area contributed by atoms with E-state index in [2.05, 4.69) is 5.32 Å². The molecule has 88 valence electrons. The Balaban J connectivity index is 3.93. The topological polar surface area (TPSA) is 55.4 Å². The van der Waals surface area contributed by atoms with Gasteiger partial charge in [0.1, 0.15) is 6.04 Å². The highest BCUT2D eigenvalue weighted by atomic mass is 16.5. The maximum Gasteiger partial charge on any atom is 0.328 e. The predicted molar refractivity (Wildman–Crippen MR) is 58.4 cm³/mol. The Morgan fingerprint density at radius 3 is 2.40 bits per heavy atom. The van der Waals surface area contributed by atoms with Crippen LogP contribution in [0.25, 0.3) is 0 Å². The summed E-state index contributed by atoms with van der Waals surface area (Å²) >= 11 is 0. The van der Waals surface area contributed by atoms with E-state index in [0.29, 0.717) is 19.4 Å². The zero-order valence-corrected chi connectivity index (χ0v) is 9.84. The molecular weight excluding hydrogens is 194 g/mol. The zero-order chi connectivity index (χ0) is 11.7. The van der Waals surface area contributed by atoms with E-state index < -0.39 is 6.04 Å². The molecule has 0 aromatic rings. The SMILES string of the molecule is CCCCOC(=O)[C@H](CC)NC(=O)CC. The molecular formula is C11H21NO3. The maximum absolute atomic E-state index is 11.5. The van der Waals surface area contributed by atoms with Gasteiger partial charge in [-0.2, -0.15) is 0 Å². The van der Waals surface area contributed by atoms with Crippen LogP contribution in [0.15, 0.2) is 0 Å². The third-order valence-corrected chi connectivity index (χ3v) is 2.09. The van der Waals surface area contributed by atoms with Crippen LogP contribution in [0.3, 0.4) is 0 Å². The Kier molecular flexibility index (Phi) is 7.68. The van der Waals surface area contributed by atoms with Crippen LogP contribution in [-0.2, 0) is 14.3 Å². The van der Waals surface area contributed by atoms with Crippen molar-refractivity contribution in [2.24, 2.45) is 0 Å². The second-order valence-electron chi connectivity index (χ2n) is 3.40. The van der Waals surface area contributed by atoms with Crippen molar-refractivity contribution in [3.63, 3.8) is 0 Å². The number of carbonyl (C=O) groups excluding carboxylic acids is 2. The Hall–Kier alpha value is -1.06. The number of esters is 1. The summed E-state index contributed by atoms with van der Waals surface area (Å²) < 4.78 is 5.03. The average Bonchev–Trinajstić information content (AvgIpc) is 2.25. The Labute approximate surface area is 91.4 Å². The first kappa shape index (κ1) is 13.9. The largest absolute Gasteiger partial charge is 0.464 e. The lowest BCUT2D eigenvalue weighted by atomic mass is 10.2. The summed E-state index contributed by atoms with van der Waals surface area (Å²) in [4.78, 5) is 22.6. The van der Waals surface area contributed by atoms with Gasteiger partial charge in [-0.05, 0) is 12.8 Å². The van der Waals surface area contributed by atoms with Gasteiger partial charge in [0.2, 0.25) is 5.91 Å². The minimum absolute atomic E-state index is 0.116. The van der Waals surface area contributed by atoms with Crippen molar-refractivity contribution in [3.05, 3.63) is 0 Å². The molecule has 0 rings (SSSR count). The summed E-state index contributed by atoms with van der Waals surface area (Å²) in [7, 11) is 0. The van der Waals surface area contributed by atoms with Gasteiger partial charge in [-0.25, -0.2) is 4.79 Å². The highest BCUT2D eigenvalue weighted by Crippen LogP contribution is 1.98. The van der Waals surface area contributed by atoms with Crippen molar-refractivity contribution in [1.29, 1.82) is 0 Å². The molecule has 4 heteroatoms. The Morgan fingerprint density at radius 1 is 1.27 bits per heavy atom. The highest BCUT2D eigenvalue weighted by molar-refractivity contribution is 5.84. The fourth-order valence-corrected chi connectivity index (χ4v) is 1.04. The molecule has 1 N–H and O–H groups in total. The lowest BCUT2D eigenvalue weighted by Crippen LogP contribution is -2.41. The van der Waals surface area contributed by atoms with Gasteiger partial charge in [0.25, 0.3) is 0 Å². The number of hydrogen-bond acceptors (Lipinski definition) is 3. The minimum Gasteiger partial charge on any atom is -0.464 e. The monoisotopic (exact) mass is 215 g/mol. The van der Waals surface area contributed by atoms with Gasteiger partial charge in [0.05, 0.1) is 6.61 Å². The molecule has 0 unspecified atom stereocenters. The molecule has 0 aliphatic heterocycles. The number of ether oxygens (including phenoxy) is 1. The van der Waals surface area contributed by atoms with Gasteiger partial charge in [0.15, 0.2) is 0 Å². The van der Waals surface area contributed by atoms with Gasteiger partial charge >= 0.3 is 5.97 Å². The van der Waals surface area contributed by atoms with Crippen LogP contribution in [0.2, 0.25) is 0 Å². The molecule has 0 heterocycles. The molecule has 0 aromatic carbocycles. The lowest BCUT2D eigenvalue weighted by Gasteiger charge is -2.15. The van der Waals surface area contributed by atoms with Gasteiger partial charge in [0, 0.05) is 6.42 Å². The summed E-state index contributed by atoms with van der Waals surface area (Å²) in [5, 5.41) is 2.63. The molecule has 0 fully saturated rings. The molecule has 0 saturated heterocycles. The van der Waals surface area contributed by atoms with E-state index in [-0.39, 0.29) is 11.9 Å². The van der Waals surface area contributed by atoms with E-state index in [1.165, 1.54) is 0 Å². The summed E-state index contributed by atoms with van der Waals surface area (Å²) in [6.07, 6.45) is 2.81. The van der Waals surface area contributed by atoms with Crippen molar-refractivity contribution < 1.29 is 14.3 Å². The molecule has 1 atom stereocenters. The van der Waals surface area contributed by atoms with E-state index in [9.17, 15) is 9.59 Å². The number of hydrogen-bond donors (Lipinski definition) is 1. The van der Waals surface area contributed by atoms with Crippen LogP contribution in [0.4, 0.5) is 0 Å². The molecule has 0 aromatic heterocycles. The first-order chi connectivity index (χ1) is 7.15. The molecule has 0 spiro atoms. The zero-order valence-electron chi connectivity index (χ0n) is 9.84. The van der Waals surface area contributed by atoms with Gasteiger partial charge in [-0.15, -0.1) is 0 Å². The van der Waals surface area contributed by atoms with Crippen LogP contribution in [0.1, 0.15) is 46.5 Å². The van der Waals surface area contributed by atoms with Crippen molar-refractivity contribution in [3.8, 4) is 0 Å². The van der Waals surface area contributed by atoms with E-state index in [1.54, 1.807) is 6.92 Å². The fourth-order valence-electron chi connectivity index (χ4n) is 1.04. The predicted octanol–water partition coefficient (Wildman–Crippen LogP) is 1.63. The van der Waals surface area contributed by atoms with Crippen molar-refractivity contribution in [2.45, 2.75) is 52.5 Å². The van der Waals surface area contributed by atoms with Gasteiger partial charge in [-0.1, -0.05) is 27.2 Å². The lowest BCUT2D eigenvalue weighted by molar-refractivity contribution is -0.148. The minimum atomic E-state index is -0.491. The molecule has 1 amide bonds. The summed E-state index contributed by atoms with van der Waals surface area (Å²) in [5.74, 6) is -0.443. The first-order valence-electron chi connectivity index (χ1n) is 5.61. The maximum atomic E-state index is 11.5. The summed E-state index contributed by atoms with van der Waals surface area (Å²) in [5.41, 5.74) is 0.